The minimum atomic E-state index is -0.760. The predicted molar refractivity (Wildman–Crippen MR) is 111 cm³/mol. The van der Waals surface area contributed by atoms with E-state index in [1.54, 1.807) is 29.3 Å². The topological polar surface area (TPSA) is 71.5 Å². The van der Waals surface area contributed by atoms with E-state index in [1.807, 2.05) is 30.3 Å². The number of rotatable bonds is 6. The highest BCUT2D eigenvalue weighted by molar-refractivity contribution is 5.99. The second-order valence-electron chi connectivity index (χ2n) is 6.89. The van der Waals surface area contributed by atoms with Gasteiger partial charge in [-0.3, -0.25) is 14.5 Å². The largest absolute Gasteiger partial charge is 0.472 e. The molecule has 1 aliphatic rings. The molecular formula is C23H20FN3O3. The van der Waals surface area contributed by atoms with Gasteiger partial charge in [0.15, 0.2) is 11.6 Å². The summed E-state index contributed by atoms with van der Waals surface area (Å²) >= 11 is 0. The second kappa shape index (κ2) is 8.73. The maximum absolute atomic E-state index is 13.3. The molecule has 0 spiro atoms. The standard InChI is InChI=1S/C23H20FN3O3/c24-17-9-4-10-18(15-17)26-20(28)12-6-14-27-22-19(11-5-13-25-22)30-21(23(27)29)16-7-2-1-3-8-16/h1-5,7-11,13,15,21H,6,12,14H2,(H,26,28)/t21-/m1/s1. The highest BCUT2D eigenvalue weighted by Gasteiger charge is 2.36. The number of fused-ring (bicyclic) bond motifs is 1. The van der Waals surface area contributed by atoms with Crippen molar-refractivity contribution in [2.45, 2.75) is 18.9 Å². The van der Waals surface area contributed by atoms with E-state index in [-0.39, 0.29) is 18.2 Å². The van der Waals surface area contributed by atoms with Gasteiger partial charge >= 0.3 is 0 Å². The zero-order valence-corrected chi connectivity index (χ0v) is 16.1. The van der Waals surface area contributed by atoms with Crippen LogP contribution in [0.25, 0.3) is 0 Å². The SMILES string of the molecule is O=C(CCCN1C(=O)[C@@H](c2ccccc2)Oc2cccnc21)Nc1cccc(F)c1. The van der Waals surface area contributed by atoms with Crippen LogP contribution in [0.5, 0.6) is 5.75 Å². The number of halogens is 1. The Morgan fingerprint density at radius 2 is 1.93 bits per heavy atom. The van der Waals surface area contributed by atoms with Crippen LogP contribution in [0.3, 0.4) is 0 Å². The molecule has 1 aromatic heterocycles. The number of hydrogen-bond donors (Lipinski definition) is 1. The van der Waals surface area contributed by atoms with Gasteiger partial charge in [0.25, 0.3) is 5.91 Å². The van der Waals surface area contributed by atoms with Gasteiger partial charge in [0.2, 0.25) is 12.0 Å². The van der Waals surface area contributed by atoms with Crippen molar-refractivity contribution >= 4 is 23.3 Å². The number of ether oxygens (including phenoxy) is 1. The Labute approximate surface area is 173 Å². The van der Waals surface area contributed by atoms with Crippen molar-refractivity contribution in [3.05, 3.63) is 84.3 Å². The van der Waals surface area contributed by atoms with Crippen LogP contribution in [0.4, 0.5) is 15.9 Å². The first-order valence-corrected chi connectivity index (χ1v) is 9.65. The van der Waals surface area contributed by atoms with Crippen LogP contribution in [0.1, 0.15) is 24.5 Å². The van der Waals surface area contributed by atoms with Gasteiger partial charge in [0.05, 0.1) is 0 Å². The molecule has 30 heavy (non-hydrogen) atoms. The number of aromatic nitrogens is 1. The summed E-state index contributed by atoms with van der Waals surface area (Å²) in [5.74, 6) is 0.0804. The van der Waals surface area contributed by atoms with E-state index in [1.165, 1.54) is 18.2 Å². The lowest BCUT2D eigenvalue weighted by Crippen LogP contribution is -2.42. The summed E-state index contributed by atoms with van der Waals surface area (Å²) in [7, 11) is 0. The number of amides is 2. The minimum absolute atomic E-state index is 0.180. The van der Waals surface area contributed by atoms with Gasteiger partial charge < -0.3 is 10.1 Å². The lowest BCUT2D eigenvalue weighted by atomic mass is 10.1. The van der Waals surface area contributed by atoms with Crippen molar-refractivity contribution in [1.29, 1.82) is 0 Å². The van der Waals surface area contributed by atoms with Gasteiger partial charge in [-0.15, -0.1) is 0 Å². The van der Waals surface area contributed by atoms with Gasteiger partial charge in [-0.1, -0.05) is 36.4 Å². The van der Waals surface area contributed by atoms with Crippen LogP contribution in [-0.2, 0) is 9.59 Å². The van der Waals surface area contributed by atoms with E-state index in [2.05, 4.69) is 10.3 Å². The maximum Gasteiger partial charge on any atom is 0.274 e. The van der Waals surface area contributed by atoms with Gasteiger partial charge in [-0.05, 0) is 36.8 Å². The van der Waals surface area contributed by atoms with Crippen molar-refractivity contribution in [2.75, 3.05) is 16.8 Å². The molecule has 1 atom stereocenters. The third-order valence-electron chi connectivity index (χ3n) is 4.74. The van der Waals surface area contributed by atoms with Gasteiger partial charge in [-0.25, -0.2) is 9.37 Å². The quantitative estimate of drug-likeness (QED) is 0.670. The molecule has 6 nitrogen and oxygen atoms in total. The van der Waals surface area contributed by atoms with Crippen LogP contribution in [0.15, 0.2) is 72.9 Å². The lowest BCUT2D eigenvalue weighted by Gasteiger charge is -2.33. The molecule has 3 aromatic rings. The molecule has 4 rings (SSSR count). The third kappa shape index (κ3) is 4.30. The first-order valence-electron chi connectivity index (χ1n) is 9.65. The Bertz CT molecular complexity index is 1060. The number of carbonyl (C=O) groups excluding carboxylic acids is 2. The number of benzene rings is 2. The number of hydrogen-bond acceptors (Lipinski definition) is 4. The Morgan fingerprint density at radius 3 is 2.73 bits per heavy atom. The fourth-order valence-corrected chi connectivity index (χ4v) is 3.34. The van der Waals surface area contributed by atoms with Gasteiger partial charge in [-0.2, -0.15) is 0 Å². The molecule has 0 aliphatic carbocycles. The summed E-state index contributed by atoms with van der Waals surface area (Å²) in [5.41, 5.74) is 1.16. The Hall–Kier alpha value is -3.74. The summed E-state index contributed by atoms with van der Waals surface area (Å²) in [4.78, 5) is 31.2. The van der Waals surface area contributed by atoms with Crippen molar-refractivity contribution < 1.29 is 18.7 Å². The lowest BCUT2D eigenvalue weighted by molar-refractivity contribution is -0.127. The molecule has 2 amide bonds. The molecule has 0 saturated carbocycles. The van der Waals surface area contributed by atoms with Crippen molar-refractivity contribution in [3.63, 3.8) is 0 Å². The number of nitrogens with one attached hydrogen (secondary N) is 1. The Kier molecular flexibility index (Phi) is 5.70. The van der Waals surface area contributed by atoms with Gasteiger partial charge in [0, 0.05) is 30.4 Å². The van der Waals surface area contributed by atoms with E-state index >= 15 is 0 Å². The fraction of sp³-hybridized carbons (Fsp3) is 0.174. The number of nitrogens with zero attached hydrogens (tertiary/aromatic N) is 2. The molecule has 0 fully saturated rings. The number of anilines is 2. The first-order chi connectivity index (χ1) is 14.6. The minimum Gasteiger partial charge on any atom is -0.472 e. The predicted octanol–water partition coefficient (Wildman–Crippen LogP) is 4.11. The Balaban J connectivity index is 1.44. The highest BCUT2D eigenvalue weighted by Crippen LogP contribution is 2.37. The smallest absolute Gasteiger partial charge is 0.274 e. The number of pyridine rings is 1. The summed E-state index contributed by atoms with van der Waals surface area (Å²) in [5, 5.41) is 2.66. The monoisotopic (exact) mass is 405 g/mol. The molecule has 152 valence electrons. The molecule has 1 N–H and O–H groups in total. The van der Waals surface area contributed by atoms with Crippen molar-refractivity contribution in [2.24, 2.45) is 0 Å². The van der Waals surface area contributed by atoms with Crippen LogP contribution < -0.4 is 15.0 Å². The molecule has 2 heterocycles. The Morgan fingerprint density at radius 1 is 1.10 bits per heavy atom. The highest BCUT2D eigenvalue weighted by atomic mass is 19.1. The van der Waals surface area contributed by atoms with E-state index in [4.69, 9.17) is 4.74 Å². The molecular weight excluding hydrogens is 385 g/mol. The van der Waals surface area contributed by atoms with Gasteiger partial charge in [0.1, 0.15) is 5.82 Å². The maximum atomic E-state index is 13.3. The summed E-state index contributed by atoms with van der Waals surface area (Å²) in [6.45, 7) is 0.312. The van der Waals surface area contributed by atoms with E-state index in [9.17, 15) is 14.0 Å². The normalized spacial score (nSPS) is 15.3. The summed E-state index contributed by atoms with van der Waals surface area (Å²) in [6.07, 6.45) is 1.44. The van der Waals surface area contributed by atoms with Crippen LogP contribution in [0.2, 0.25) is 0 Å². The molecule has 0 saturated heterocycles. The van der Waals surface area contributed by atoms with Crippen LogP contribution in [0, 0.1) is 5.82 Å². The first kappa shape index (κ1) is 19.6. The fourth-order valence-electron chi connectivity index (χ4n) is 3.34. The van der Waals surface area contributed by atoms with Crippen LogP contribution in [-0.4, -0.2) is 23.3 Å². The van der Waals surface area contributed by atoms with Crippen molar-refractivity contribution in [3.8, 4) is 5.75 Å². The second-order valence-corrected chi connectivity index (χ2v) is 6.89. The van der Waals surface area contributed by atoms with Crippen LogP contribution >= 0.6 is 0 Å². The zero-order valence-electron chi connectivity index (χ0n) is 16.1. The van der Waals surface area contributed by atoms with E-state index in [0.717, 1.165) is 5.56 Å². The average molecular weight is 405 g/mol. The number of carbonyl (C=O) groups is 2. The molecule has 1 aliphatic heterocycles. The zero-order chi connectivity index (χ0) is 20.9. The molecule has 0 unspecified atom stereocenters. The molecule has 0 radical (unpaired) electrons. The van der Waals surface area contributed by atoms with E-state index < -0.39 is 11.9 Å². The summed E-state index contributed by atoms with van der Waals surface area (Å²) in [6, 6.07) is 18.5. The molecule has 7 heteroatoms. The summed E-state index contributed by atoms with van der Waals surface area (Å²) < 4.78 is 19.2. The van der Waals surface area contributed by atoms with E-state index in [0.29, 0.717) is 30.2 Å². The molecule has 2 aromatic carbocycles. The third-order valence-corrected chi connectivity index (χ3v) is 4.74. The average Bonchev–Trinajstić information content (AvgIpc) is 2.75. The van der Waals surface area contributed by atoms with Crippen molar-refractivity contribution in [1.82, 2.24) is 4.98 Å². The molecule has 0 bridgehead atoms.